The van der Waals surface area contributed by atoms with E-state index in [0.29, 0.717) is 18.7 Å². The van der Waals surface area contributed by atoms with Crippen molar-refractivity contribution in [3.63, 3.8) is 0 Å². The molecule has 1 heterocycles. The van der Waals surface area contributed by atoms with Crippen LogP contribution in [-0.2, 0) is 21.4 Å². The van der Waals surface area contributed by atoms with Crippen LogP contribution in [0.1, 0.15) is 39.1 Å². The summed E-state index contributed by atoms with van der Waals surface area (Å²) in [6, 6.07) is 10.8. The van der Waals surface area contributed by atoms with Gasteiger partial charge in [0.1, 0.15) is 10.6 Å². The molecule has 11 heteroatoms. The van der Waals surface area contributed by atoms with Crippen molar-refractivity contribution in [2.45, 2.75) is 24.3 Å². The molecule has 0 aliphatic carbocycles. The third kappa shape index (κ3) is 5.88. The maximum atomic E-state index is 13.0. The van der Waals surface area contributed by atoms with Gasteiger partial charge < -0.3 is 21.1 Å². The maximum absolute atomic E-state index is 13.0. The molecular weight excluding hydrogens is 448 g/mol. The number of amides is 3. The Labute approximate surface area is 192 Å². The molecule has 0 atom stereocenters. The van der Waals surface area contributed by atoms with Crippen LogP contribution in [0.4, 0.5) is 0 Å². The molecule has 1 aliphatic heterocycles. The van der Waals surface area contributed by atoms with E-state index >= 15 is 0 Å². The molecule has 3 rings (SSSR count). The Morgan fingerprint density at radius 1 is 0.970 bits per heavy atom. The number of benzene rings is 2. The van der Waals surface area contributed by atoms with E-state index in [1.165, 1.54) is 29.6 Å². The lowest BCUT2D eigenvalue weighted by Crippen LogP contribution is -2.33. The summed E-state index contributed by atoms with van der Waals surface area (Å²) in [5.74, 6) is -1.34. The molecule has 0 bridgehead atoms. The average Bonchev–Trinajstić information content (AvgIpc) is 3.37. The predicted molar refractivity (Wildman–Crippen MR) is 120 cm³/mol. The van der Waals surface area contributed by atoms with Gasteiger partial charge in [0.05, 0.1) is 13.7 Å². The number of methoxy groups -OCH3 is 1. The van der Waals surface area contributed by atoms with E-state index in [0.717, 1.165) is 18.4 Å². The molecular formula is C22H26N4O6S. The highest BCUT2D eigenvalue weighted by molar-refractivity contribution is 7.89. The van der Waals surface area contributed by atoms with Gasteiger partial charge in [-0.25, -0.2) is 8.42 Å². The molecule has 1 saturated heterocycles. The standard InChI is InChI=1S/C22H26N4O6S/c1-32-18-9-8-17(12-19(18)33(30,31)26-10-2-3-11-26)22(29)24-13-15-4-6-16(7-5-15)21(28)25-14-20(23)27/h4-9,12H,2-3,10-11,13-14H2,1H3,(H2,23,27)(H,24,29)(H,25,28). The van der Waals surface area contributed by atoms with E-state index in [9.17, 15) is 22.8 Å². The lowest BCUT2D eigenvalue weighted by Gasteiger charge is -2.18. The van der Waals surface area contributed by atoms with Gasteiger partial charge in [-0.3, -0.25) is 14.4 Å². The lowest BCUT2D eigenvalue weighted by atomic mass is 10.1. The molecule has 2 aromatic rings. The van der Waals surface area contributed by atoms with Crippen molar-refractivity contribution in [3.05, 3.63) is 59.2 Å². The van der Waals surface area contributed by atoms with Gasteiger partial charge in [-0.2, -0.15) is 4.31 Å². The number of hydrogen-bond donors (Lipinski definition) is 3. The zero-order chi connectivity index (χ0) is 24.0. The van der Waals surface area contributed by atoms with Crippen LogP contribution < -0.4 is 21.1 Å². The van der Waals surface area contributed by atoms with Crippen molar-refractivity contribution < 1.29 is 27.5 Å². The second kappa shape index (κ2) is 10.5. The number of primary amides is 1. The SMILES string of the molecule is COc1ccc(C(=O)NCc2ccc(C(=O)NCC(N)=O)cc2)cc1S(=O)(=O)N1CCCC1. The van der Waals surface area contributed by atoms with Crippen molar-refractivity contribution in [2.75, 3.05) is 26.7 Å². The van der Waals surface area contributed by atoms with Gasteiger partial charge in [-0.05, 0) is 48.7 Å². The third-order valence-electron chi connectivity index (χ3n) is 5.20. The van der Waals surface area contributed by atoms with Crippen LogP contribution in [0, 0.1) is 0 Å². The number of ether oxygens (including phenoxy) is 1. The number of nitrogens with two attached hydrogens (primary N) is 1. The van der Waals surface area contributed by atoms with Crippen LogP contribution in [0.5, 0.6) is 5.75 Å². The first-order chi connectivity index (χ1) is 15.7. The molecule has 4 N–H and O–H groups in total. The Balaban J connectivity index is 1.68. The third-order valence-corrected chi connectivity index (χ3v) is 7.12. The van der Waals surface area contributed by atoms with E-state index in [2.05, 4.69) is 10.6 Å². The second-order valence-electron chi connectivity index (χ2n) is 7.51. The first-order valence-corrected chi connectivity index (χ1v) is 11.8. The van der Waals surface area contributed by atoms with Gasteiger partial charge in [0.2, 0.25) is 15.9 Å². The number of sulfonamides is 1. The first-order valence-electron chi connectivity index (χ1n) is 10.3. The molecule has 2 aromatic carbocycles. The molecule has 0 spiro atoms. The van der Waals surface area contributed by atoms with Crippen LogP contribution in [-0.4, -0.2) is 57.2 Å². The Morgan fingerprint density at radius 3 is 2.18 bits per heavy atom. The van der Waals surface area contributed by atoms with Crippen molar-refractivity contribution in [2.24, 2.45) is 5.73 Å². The topological polar surface area (TPSA) is 148 Å². The van der Waals surface area contributed by atoms with Gasteiger partial charge in [0, 0.05) is 30.8 Å². The average molecular weight is 475 g/mol. The summed E-state index contributed by atoms with van der Waals surface area (Å²) in [6.07, 6.45) is 1.60. The Hall–Kier alpha value is -3.44. The Bertz CT molecular complexity index is 1140. The molecule has 176 valence electrons. The van der Waals surface area contributed by atoms with E-state index in [1.54, 1.807) is 24.3 Å². The smallest absolute Gasteiger partial charge is 0.251 e. The van der Waals surface area contributed by atoms with E-state index in [4.69, 9.17) is 10.5 Å². The number of hydrogen-bond acceptors (Lipinski definition) is 6. The monoisotopic (exact) mass is 474 g/mol. The fourth-order valence-electron chi connectivity index (χ4n) is 3.41. The van der Waals surface area contributed by atoms with Gasteiger partial charge in [0.15, 0.2) is 0 Å². The lowest BCUT2D eigenvalue weighted by molar-refractivity contribution is -0.117. The second-order valence-corrected chi connectivity index (χ2v) is 9.41. The first kappa shape index (κ1) is 24.2. The Morgan fingerprint density at radius 2 is 1.58 bits per heavy atom. The minimum atomic E-state index is -3.77. The van der Waals surface area contributed by atoms with E-state index in [-0.39, 0.29) is 29.3 Å². The van der Waals surface area contributed by atoms with Crippen LogP contribution in [0.25, 0.3) is 0 Å². The zero-order valence-electron chi connectivity index (χ0n) is 18.2. The summed E-state index contributed by atoms with van der Waals surface area (Å²) in [4.78, 5) is 35.3. The van der Waals surface area contributed by atoms with Gasteiger partial charge in [0.25, 0.3) is 11.8 Å². The predicted octanol–water partition coefficient (Wildman–Crippen LogP) is 0.625. The highest BCUT2D eigenvalue weighted by Gasteiger charge is 2.30. The molecule has 10 nitrogen and oxygen atoms in total. The molecule has 33 heavy (non-hydrogen) atoms. The molecule has 3 amide bonds. The molecule has 1 fully saturated rings. The van der Waals surface area contributed by atoms with E-state index < -0.39 is 27.7 Å². The number of carbonyl (C=O) groups is 3. The molecule has 1 aliphatic rings. The highest BCUT2D eigenvalue weighted by atomic mass is 32.2. The number of carbonyl (C=O) groups excluding carboxylic acids is 3. The fraction of sp³-hybridized carbons (Fsp3) is 0.318. The van der Waals surface area contributed by atoms with Crippen molar-refractivity contribution in [1.29, 1.82) is 0 Å². The van der Waals surface area contributed by atoms with E-state index in [1.807, 2.05) is 0 Å². The van der Waals surface area contributed by atoms with Crippen LogP contribution in [0.3, 0.4) is 0 Å². The normalized spacial score (nSPS) is 14.0. The van der Waals surface area contributed by atoms with Crippen LogP contribution in [0.2, 0.25) is 0 Å². The number of rotatable bonds is 9. The van der Waals surface area contributed by atoms with Crippen LogP contribution in [0.15, 0.2) is 47.4 Å². The number of nitrogens with one attached hydrogen (secondary N) is 2. The molecule has 0 aromatic heterocycles. The summed E-state index contributed by atoms with van der Waals surface area (Å²) in [7, 11) is -2.38. The highest BCUT2D eigenvalue weighted by Crippen LogP contribution is 2.29. The van der Waals surface area contributed by atoms with Gasteiger partial charge in [-0.1, -0.05) is 12.1 Å². The van der Waals surface area contributed by atoms with Crippen molar-refractivity contribution >= 4 is 27.7 Å². The van der Waals surface area contributed by atoms with Gasteiger partial charge >= 0.3 is 0 Å². The number of nitrogens with zero attached hydrogens (tertiary/aromatic N) is 1. The fourth-order valence-corrected chi connectivity index (χ4v) is 5.11. The minimum absolute atomic E-state index is 0.0362. The van der Waals surface area contributed by atoms with Crippen molar-refractivity contribution in [3.8, 4) is 5.75 Å². The Kier molecular flexibility index (Phi) is 7.67. The minimum Gasteiger partial charge on any atom is -0.495 e. The summed E-state index contributed by atoms with van der Waals surface area (Å²) >= 11 is 0. The van der Waals surface area contributed by atoms with Gasteiger partial charge in [-0.15, -0.1) is 0 Å². The largest absolute Gasteiger partial charge is 0.495 e. The molecule has 0 unspecified atom stereocenters. The zero-order valence-corrected chi connectivity index (χ0v) is 19.0. The summed E-state index contributed by atoms with van der Waals surface area (Å²) in [5, 5.41) is 5.13. The van der Waals surface area contributed by atoms with Crippen LogP contribution >= 0.6 is 0 Å². The maximum Gasteiger partial charge on any atom is 0.251 e. The summed E-state index contributed by atoms with van der Waals surface area (Å²) < 4.78 is 32.6. The molecule has 0 radical (unpaired) electrons. The summed E-state index contributed by atoms with van der Waals surface area (Å²) in [6.45, 7) is 0.799. The molecule has 0 saturated carbocycles. The summed E-state index contributed by atoms with van der Waals surface area (Å²) in [5.41, 5.74) is 6.27. The quantitative estimate of drug-likeness (QED) is 0.485. The van der Waals surface area contributed by atoms with Crippen molar-refractivity contribution in [1.82, 2.24) is 14.9 Å².